The van der Waals surface area contributed by atoms with Gasteiger partial charge in [0.2, 0.25) is 0 Å². The van der Waals surface area contributed by atoms with E-state index in [1.165, 1.54) is 11.1 Å². The highest BCUT2D eigenvalue weighted by molar-refractivity contribution is 5.81. The van der Waals surface area contributed by atoms with E-state index >= 15 is 0 Å². The van der Waals surface area contributed by atoms with Gasteiger partial charge in [0.25, 0.3) is 0 Å². The number of nitrogens with zero attached hydrogens (tertiary/aromatic N) is 5. The van der Waals surface area contributed by atoms with E-state index < -0.39 is 0 Å². The van der Waals surface area contributed by atoms with Gasteiger partial charge in [0.05, 0.1) is 5.69 Å². The molecule has 0 aliphatic carbocycles. The average Bonchev–Trinajstić information content (AvgIpc) is 3.16. The second-order valence-electron chi connectivity index (χ2n) is 9.00. The van der Waals surface area contributed by atoms with Crippen molar-refractivity contribution in [3.8, 4) is 11.1 Å². The third-order valence-electron chi connectivity index (χ3n) is 6.36. The maximum Gasteiger partial charge on any atom is 0.165 e. The van der Waals surface area contributed by atoms with E-state index in [0.29, 0.717) is 5.92 Å². The molecule has 0 N–H and O–H groups in total. The van der Waals surface area contributed by atoms with E-state index in [9.17, 15) is 0 Å². The predicted octanol–water partition coefficient (Wildman–Crippen LogP) is 5.15. The lowest BCUT2D eigenvalue weighted by Crippen LogP contribution is -2.46. The Morgan fingerprint density at radius 3 is 2.19 bits per heavy atom. The van der Waals surface area contributed by atoms with Crippen molar-refractivity contribution < 1.29 is 0 Å². The minimum atomic E-state index is 0.358. The Morgan fingerprint density at radius 1 is 0.875 bits per heavy atom. The smallest absolute Gasteiger partial charge is 0.165 e. The van der Waals surface area contributed by atoms with E-state index in [-0.39, 0.29) is 0 Å². The van der Waals surface area contributed by atoms with Gasteiger partial charge in [-0.1, -0.05) is 74.5 Å². The number of hydrogen-bond acceptors (Lipinski definition) is 4. The van der Waals surface area contributed by atoms with E-state index in [1.54, 1.807) is 0 Å². The molecule has 0 atom stereocenters. The van der Waals surface area contributed by atoms with Crippen molar-refractivity contribution in [2.75, 3.05) is 31.1 Å². The highest BCUT2D eigenvalue weighted by atomic mass is 15.4. The topological polar surface area (TPSA) is 36.7 Å². The molecule has 164 valence electrons. The fourth-order valence-electron chi connectivity index (χ4n) is 4.57. The van der Waals surface area contributed by atoms with Gasteiger partial charge in [-0.15, -0.1) is 0 Å². The van der Waals surface area contributed by atoms with E-state index in [2.05, 4.69) is 102 Å². The zero-order chi connectivity index (χ0) is 22.1. The van der Waals surface area contributed by atoms with Crippen molar-refractivity contribution in [3.63, 3.8) is 0 Å². The Bertz CT molecular complexity index is 1190. The molecule has 32 heavy (non-hydrogen) atoms. The van der Waals surface area contributed by atoms with Gasteiger partial charge in [0.1, 0.15) is 5.82 Å². The molecule has 0 amide bonds. The van der Waals surface area contributed by atoms with Crippen LogP contribution in [0.5, 0.6) is 0 Å². The van der Waals surface area contributed by atoms with Crippen LogP contribution in [0.1, 0.15) is 36.7 Å². The largest absolute Gasteiger partial charge is 0.354 e. The fourth-order valence-corrected chi connectivity index (χ4v) is 4.57. The molecule has 5 rings (SSSR count). The third-order valence-corrected chi connectivity index (χ3v) is 6.36. The summed E-state index contributed by atoms with van der Waals surface area (Å²) in [7, 11) is 0. The van der Waals surface area contributed by atoms with Gasteiger partial charge < -0.3 is 4.90 Å². The maximum atomic E-state index is 5.06. The highest BCUT2D eigenvalue weighted by Crippen LogP contribution is 2.32. The Kier molecular flexibility index (Phi) is 5.66. The second-order valence-corrected chi connectivity index (χ2v) is 9.00. The van der Waals surface area contributed by atoms with Gasteiger partial charge in [-0.05, 0) is 24.0 Å². The molecule has 2 aromatic carbocycles. The monoisotopic (exact) mass is 425 g/mol. The quantitative estimate of drug-likeness (QED) is 0.443. The number of aromatic nitrogens is 3. The van der Waals surface area contributed by atoms with Gasteiger partial charge in [-0.2, -0.15) is 9.61 Å². The molecule has 0 spiro atoms. The van der Waals surface area contributed by atoms with Crippen LogP contribution in [0.2, 0.25) is 0 Å². The SMILES string of the molecule is Cc1nn2c(N3CCN(Cc4ccccc4)CC3)cc(C(C)C)nc2c1-c1ccccc1. The van der Waals surface area contributed by atoms with Gasteiger partial charge in [0.15, 0.2) is 5.65 Å². The molecule has 1 aliphatic heterocycles. The van der Waals surface area contributed by atoms with Crippen LogP contribution in [0.15, 0.2) is 66.7 Å². The summed E-state index contributed by atoms with van der Waals surface area (Å²) in [4.78, 5) is 10.1. The minimum Gasteiger partial charge on any atom is -0.354 e. The number of anilines is 1. The van der Waals surface area contributed by atoms with Gasteiger partial charge in [-0.3, -0.25) is 4.90 Å². The van der Waals surface area contributed by atoms with Crippen molar-refractivity contribution in [3.05, 3.63) is 83.7 Å². The summed E-state index contributed by atoms with van der Waals surface area (Å²) in [5.41, 5.74) is 6.79. The van der Waals surface area contributed by atoms with Gasteiger partial charge >= 0.3 is 0 Å². The van der Waals surface area contributed by atoms with Crippen LogP contribution in [-0.2, 0) is 6.54 Å². The molecule has 1 saturated heterocycles. The predicted molar refractivity (Wildman–Crippen MR) is 131 cm³/mol. The second kappa shape index (κ2) is 8.75. The molecule has 5 nitrogen and oxygen atoms in total. The molecule has 3 heterocycles. The summed E-state index contributed by atoms with van der Waals surface area (Å²) in [6.07, 6.45) is 0. The zero-order valence-electron chi connectivity index (χ0n) is 19.2. The van der Waals surface area contributed by atoms with Crippen molar-refractivity contribution in [1.82, 2.24) is 19.5 Å². The highest BCUT2D eigenvalue weighted by Gasteiger charge is 2.23. The van der Waals surface area contributed by atoms with E-state index in [0.717, 1.165) is 61.1 Å². The van der Waals surface area contributed by atoms with Crippen molar-refractivity contribution in [1.29, 1.82) is 0 Å². The summed E-state index contributed by atoms with van der Waals surface area (Å²) < 4.78 is 2.07. The Labute approximate surface area is 190 Å². The lowest BCUT2D eigenvalue weighted by atomic mass is 10.1. The van der Waals surface area contributed by atoms with E-state index in [4.69, 9.17) is 10.1 Å². The molecule has 4 aromatic rings. The van der Waals surface area contributed by atoms with Crippen LogP contribution in [0, 0.1) is 6.92 Å². The van der Waals surface area contributed by atoms with Gasteiger partial charge in [0, 0.05) is 50.0 Å². The fraction of sp³-hybridized carbons (Fsp3) is 0.333. The van der Waals surface area contributed by atoms with Crippen LogP contribution in [-0.4, -0.2) is 45.7 Å². The molecule has 0 saturated carbocycles. The summed E-state index contributed by atoms with van der Waals surface area (Å²) in [5, 5.41) is 4.95. The molecule has 2 aromatic heterocycles. The summed E-state index contributed by atoms with van der Waals surface area (Å²) >= 11 is 0. The lowest BCUT2D eigenvalue weighted by Gasteiger charge is -2.36. The Balaban J connectivity index is 1.47. The van der Waals surface area contributed by atoms with Crippen LogP contribution in [0.4, 0.5) is 5.82 Å². The molecule has 1 aliphatic rings. The maximum absolute atomic E-state index is 5.06. The van der Waals surface area contributed by atoms with Crippen molar-refractivity contribution in [2.24, 2.45) is 0 Å². The number of aryl methyl sites for hydroxylation is 1. The molecular weight excluding hydrogens is 394 g/mol. The standard InChI is InChI=1S/C27H31N5/c1-20(2)24-18-25(31-16-14-30(15-17-31)19-22-10-6-4-7-11-22)32-27(28-24)26(21(3)29-32)23-12-8-5-9-13-23/h4-13,18,20H,14-17,19H2,1-3H3. The Hall–Kier alpha value is -3.18. The first-order valence-electron chi connectivity index (χ1n) is 11.6. The number of rotatable bonds is 5. The average molecular weight is 426 g/mol. The molecule has 1 fully saturated rings. The van der Waals surface area contributed by atoms with Crippen LogP contribution in [0.25, 0.3) is 16.8 Å². The van der Waals surface area contributed by atoms with Crippen molar-refractivity contribution >= 4 is 11.5 Å². The number of piperazine rings is 1. The first kappa shape index (κ1) is 20.7. The van der Waals surface area contributed by atoms with Gasteiger partial charge in [-0.25, -0.2) is 4.98 Å². The first-order chi connectivity index (χ1) is 15.6. The lowest BCUT2D eigenvalue weighted by molar-refractivity contribution is 0.249. The van der Waals surface area contributed by atoms with Crippen LogP contribution in [0.3, 0.4) is 0 Å². The van der Waals surface area contributed by atoms with Crippen LogP contribution >= 0.6 is 0 Å². The molecular formula is C27H31N5. The van der Waals surface area contributed by atoms with Crippen molar-refractivity contribution in [2.45, 2.75) is 33.2 Å². The number of fused-ring (bicyclic) bond motifs is 1. The number of benzene rings is 2. The molecule has 5 heteroatoms. The third kappa shape index (κ3) is 4.00. The number of hydrogen-bond donors (Lipinski definition) is 0. The summed E-state index contributed by atoms with van der Waals surface area (Å²) in [6, 6.07) is 23.5. The van der Waals surface area contributed by atoms with Crippen LogP contribution < -0.4 is 4.90 Å². The first-order valence-corrected chi connectivity index (χ1v) is 11.6. The Morgan fingerprint density at radius 2 is 1.53 bits per heavy atom. The zero-order valence-corrected chi connectivity index (χ0v) is 19.2. The molecule has 0 radical (unpaired) electrons. The molecule has 0 bridgehead atoms. The normalized spacial score (nSPS) is 15.1. The minimum absolute atomic E-state index is 0.358. The summed E-state index contributed by atoms with van der Waals surface area (Å²) in [6.45, 7) is 11.6. The molecule has 0 unspecified atom stereocenters. The van der Waals surface area contributed by atoms with E-state index in [1.807, 2.05) is 0 Å². The summed E-state index contributed by atoms with van der Waals surface area (Å²) in [5.74, 6) is 1.51.